The maximum atomic E-state index is 11.7. The smallest absolute Gasteiger partial charge is 0.341 e. The standard InChI is InChI=1S/C12H21NO8.C8H18O5.C5H4O3/c1-6(3-9(17)18)12(21)13(2)4-7(15)10(19)11(20)8(16)5-14;1-2-3-5(10)7(12)8(13)6(11)4-9;1-3-2-4(6)8-5(3)7/h7-8,10-11,14-16,19-20H,1,3-5H2,2H3,(H,17,18);5-13H,2-4H2,1H3;1-2H2/t7-,8+,10+,11+;5-,6+,7+,8+;/m00./s1. The molecule has 0 aromatic carbocycles. The summed E-state index contributed by atoms with van der Waals surface area (Å²) in [6, 6.07) is 0. The molecule has 0 unspecified atom stereocenters. The third kappa shape index (κ3) is 15.4. The summed E-state index contributed by atoms with van der Waals surface area (Å²) in [4.78, 5) is 43.5. The second-order valence-electron chi connectivity index (χ2n) is 9.29. The largest absolute Gasteiger partial charge is 0.481 e. The summed E-state index contributed by atoms with van der Waals surface area (Å²) in [5.74, 6) is -3.06. The van der Waals surface area contributed by atoms with E-state index in [0.717, 1.165) is 4.90 Å². The van der Waals surface area contributed by atoms with Crippen molar-refractivity contribution in [2.45, 2.75) is 81.4 Å². The highest BCUT2D eigenvalue weighted by Crippen LogP contribution is 2.11. The topological polar surface area (TPSA) is 303 Å². The Morgan fingerprint density at radius 3 is 1.60 bits per heavy atom. The Labute approximate surface area is 241 Å². The van der Waals surface area contributed by atoms with Gasteiger partial charge in [0.1, 0.15) is 42.7 Å². The van der Waals surface area contributed by atoms with E-state index in [1.165, 1.54) is 7.05 Å². The molecule has 0 spiro atoms. The summed E-state index contributed by atoms with van der Waals surface area (Å²) in [5, 5.41) is 100. The molecule has 42 heavy (non-hydrogen) atoms. The number of rotatable bonds is 15. The Morgan fingerprint density at radius 1 is 0.857 bits per heavy atom. The van der Waals surface area contributed by atoms with Gasteiger partial charge in [0.15, 0.2) is 0 Å². The first-order chi connectivity index (χ1) is 19.3. The summed E-state index contributed by atoms with van der Waals surface area (Å²) in [5.41, 5.74) is 0.0395. The summed E-state index contributed by atoms with van der Waals surface area (Å²) < 4.78 is 4.10. The molecule has 0 aliphatic carbocycles. The number of hydrogen-bond donors (Lipinski definition) is 11. The van der Waals surface area contributed by atoms with Crippen LogP contribution in [-0.2, 0) is 23.9 Å². The van der Waals surface area contributed by atoms with E-state index in [1.54, 1.807) is 0 Å². The fraction of sp³-hybridized carbons (Fsp3) is 0.680. The van der Waals surface area contributed by atoms with Crippen LogP contribution >= 0.6 is 0 Å². The number of cyclic esters (lactones) is 2. The molecule has 17 heteroatoms. The molecule has 8 atom stereocenters. The molecular formula is C25H43NO16. The van der Waals surface area contributed by atoms with E-state index in [0.29, 0.717) is 12.8 Å². The van der Waals surface area contributed by atoms with E-state index in [2.05, 4.69) is 17.9 Å². The van der Waals surface area contributed by atoms with E-state index >= 15 is 0 Å². The fourth-order valence-electron chi connectivity index (χ4n) is 3.05. The predicted molar refractivity (Wildman–Crippen MR) is 141 cm³/mol. The highest BCUT2D eigenvalue weighted by atomic mass is 16.6. The minimum absolute atomic E-state index is 0.0544. The molecule has 1 aliphatic heterocycles. The summed E-state index contributed by atoms with van der Waals surface area (Å²) in [7, 11) is 1.25. The predicted octanol–water partition coefficient (Wildman–Crippen LogP) is -4.85. The van der Waals surface area contributed by atoms with E-state index < -0.39 is 98.8 Å². The average molecular weight is 614 g/mol. The SMILES string of the molecule is C=C(CC(=O)O)C(=O)N(C)C[C@H](O)[C@@H](O)[C@H](O)[C@H](O)CO.C=C1CC(=O)OC1=O.CCC[C@H](O)[C@@H](O)[C@H](O)[C@H](O)CO. The molecule has 17 nitrogen and oxygen atoms in total. The first-order valence-electron chi connectivity index (χ1n) is 12.6. The van der Waals surface area contributed by atoms with Gasteiger partial charge in [0.05, 0.1) is 32.2 Å². The van der Waals surface area contributed by atoms with E-state index in [-0.39, 0.29) is 17.6 Å². The number of carbonyl (C=O) groups excluding carboxylic acids is 3. The van der Waals surface area contributed by atoms with Gasteiger partial charge in [-0.1, -0.05) is 26.5 Å². The second kappa shape index (κ2) is 20.9. The van der Waals surface area contributed by atoms with Crippen LogP contribution in [0.15, 0.2) is 24.3 Å². The van der Waals surface area contributed by atoms with Crippen LogP contribution in [0.5, 0.6) is 0 Å². The number of carboxylic acid groups (broad SMARTS) is 1. The molecule has 0 bridgehead atoms. The third-order valence-electron chi connectivity index (χ3n) is 5.56. The first-order valence-corrected chi connectivity index (χ1v) is 12.6. The van der Waals surface area contributed by atoms with E-state index in [1.807, 2.05) is 6.92 Å². The molecule has 0 saturated carbocycles. The molecule has 1 fully saturated rings. The normalized spacial score (nSPS) is 18.4. The molecule has 0 radical (unpaired) electrons. The molecule has 1 rings (SSSR count). The molecule has 1 aliphatic rings. The lowest BCUT2D eigenvalue weighted by atomic mass is 10.0. The van der Waals surface area contributed by atoms with Crippen LogP contribution in [0, 0.1) is 0 Å². The highest BCUT2D eigenvalue weighted by molar-refractivity contribution is 6.05. The zero-order valence-corrected chi connectivity index (χ0v) is 23.4. The van der Waals surface area contributed by atoms with Gasteiger partial charge in [-0.15, -0.1) is 0 Å². The van der Waals surface area contributed by atoms with E-state index in [4.69, 9.17) is 30.6 Å². The number of aliphatic carboxylic acids is 1. The minimum Gasteiger partial charge on any atom is -0.481 e. The number of carbonyl (C=O) groups is 4. The van der Waals surface area contributed by atoms with Crippen molar-refractivity contribution >= 4 is 23.8 Å². The number of likely N-dealkylation sites (N-methyl/N-ethyl adjacent to an activating group) is 1. The number of nitrogens with zero attached hydrogens (tertiary/aromatic N) is 1. The Kier molecular flexibility index (Phi) is 20.6. The number of carboxylic acids is 1. The van der Waals surface area contributed by atoms with Crippen molar-refractivity contribution in [3.05, 3.63) is 24.3 Å². The lowest BCUT2D eigenvalue weighted by Crippen LogP contribution is -2.50. The van der Waals surface area contributed by atoms with Gasteiger partial charge >= 0.3 is 17.9 Å². The fourth-order valence-corrected chi connectivity index (χ4v) is 3.05. The van der Waals surface area contributed by atoms with Gasteiger partial charge < -0.3 is 65.8 Å². The van der Waals surface area contributed by atoms with Crippen molar-refractivity contribution in [2.24, 2.45) is 0 Å². The van der Waals surface area contributed by atoms with Crippen molar-refractivity contribution in [3.63, 3.8) is 0 Å². The molecule has 1 amide bonds. The number of hydrogen-bond acceptors (Lipinski definition) is 15. The van der Waals surface area contributed by atoms with Crippen LogP contribution in [0.3, 0.4) is 0 Å². The Hall–Kier alpha value is -2.84. The highest BCUT2D eigenvalue weighted by Gasteiger charge is 2.32. The van der Waals surface area contributed by atoms with Crippen LogP contribution < -0.4 is 0 Å². The maximum Gasteiger partial charge on any atom is 0.341 e. The molecular weight excluding hydrogens is 570 g/mol. The summed E-state index contributed by atoms with van der Waals surface area (Å²) in [6.07, 6.45) is -11.7. The number of aliphatic hydroxyl groups excluding tert-OH is 10. The molecule has 0 aromatic heterocycles. The van der Waals surface area contributed by atoms with Gasteiger partial charge in [-0.05, 0) is 6.42 Å². The average Bonchev–Trinajstić information content (AvgIpc) is 3.23. The van der Waals surface area contributed by atoms with Crippen molar-refractivity contribution < 1.29 is 80.1 Å². The molecule has 0 aromatic rings. The van der Waals surface area contributed by atoms with Gasteiger partial charge in [0, 0.05) is 24.7 Å². The number of esters is 2. The molecule has 11 N–H and O–H groups in total. The van der Waals surface area contributed by atoms with Crippen molar-refractivity contribution in [2.75, 3.05) is 26.8 Å². The quantitative estimate of drug-likeness (QED) is 0.0469. The monoisotopic (exact) mass is 613 g/mol. The van der Waals surface area contributed by atoms with Gasteiger partial charge in [0.25, 0.3) is 0 Å². The Bertz CT molecular complexity index is 878. The third-order valence-corrected chi connectivity index (χ3v) is 5.56. The minimum atomic E-state index is -1.80. The number of ether oxygens (including phenoxy) is 1. The Morgan fingerprint density at radius 2 is 1.29 bits per heavy atom. The van der Waals surface area contributed by atoms with Crippen LogP contribution in [0.1, 0.15) is 32.6 Å². The van der Waals surface area contributed by atoms with Crippen molar-refractivity contribution in [1.82, 2.24) is 4.90 Å². The Balaban J connectivity index is 0. The van der Waals surface area contributed by atoms with Crippen LogP contribution in [0.25, 0.3) is 0 Å². The molecule has 1 saturated heterocycles. The van der Waals surface area contributed by atoms with Gasteiger partial charge in [0.2, 0.25) is 5.91 Å². The van der Waals surface area contributed by atoms with Crippen LogP contribution in [0.4, 0.5) is 0 Å². The number of amides is 1. The van der Waals surface area contributed by atoms with Gasteiger partial charge in [-0.25, -0.2) is 4.79 Å². The maximum absolute atomic E-state index is 11.7. The summed E-state index contributed by atoms with van der Waals surface area (Å²) in [6.45, 7) is 6.55. The van der Waals surface area contributed by atoms with Crippen LogP contribution in [0.2, 0.25) is 0 Å². The summed E-state index contributed by atoms with van der Waals surface area (Å²) >= 11 is 0. The van der Waals surface area contributed by atoms with Crippen LogP contribution in [-0.4, -0.2) is 161 Å². The lowest BCUT2D eigenvalue weighted by Gasteiger charge is -2.28. The van der Waals surface area contributed by atoms with Gasteiger partial charge in [-0.3, -0.25) is 14.4 Å². The number of aliphatic hydroxyl groups is 10. The molecule has 1 heterocycles. The molecule has 244 valence electrons. The lowest BCUT2D eigenvalue weighted by molar-refractivity contribution is -0.151. The van der Waals surface area contributed by atoms with E-state index in [9.17, 15) is 44.7 Å². The first kappa shape index (κ1) is 41.3. The second-order valence-corrected chi connectivity index (χ2v) is 9.29. The zero-order valence-electron chi connectivity index (χ0n) is 23.4. The van der Waals surface area contributed by atoms with Gasteiger partial charge in [-0.2, -0.15) is 0 Å². The van der Waals surface area contributed by atoms with Crippen molar-refractivity contribution in [3.8, 4) is 0 Å². The van der Waals surface area contributed by atoms with Crippen molar-refractivity contribution in [1.29, 1.82) is 0 Å². The zero-order chi connectivity index (χ0) is 33.3.